The van der Waals surface area contributed by atoms with Crippen molar-refractivity contribution in [1.82, 2.24) is 4.98 Å². The van der Waals surface area contributed by atoms with Crippen LogP contribution >= 0.6 is 0 Å². The zero-order valence-corrected chi connectivity index (χ0v) is 8.23. The number of nitrogens with zero attached hydrogens (tertiary/aromatic N) is 1. The predicted octanol–water partition coefficient (Wildman–Crippen LogP) is -0.00728. The van der Waals surface area contributed by atoms with E-state index in [2.05, 4.69) is 4.98 Å². The molecular weight excluding hydrogens is 178 g/mol. The molecule has 0 fully saturated rings. The second-order valence-corrected chi connectivity index (χ2v) is 3.35. The van der Waals surface area contributed by atoms with E-state index < -0.39 is 0 Å². The molecule has 0 aliphatic carbocycles. The largest absolute Gasteiger partial charge is 0.369 e. The van der Waals surface area contributed by atoms with Crippen LogP contribution < -0.4 is 11.5 Å². The van der Waals surface area contributed by atoms with Crippen molar-refractivity contribution in [2.45, 2.75) is 13.3 Å². The van der Waals surface area contributed by atoms with E-state index in [1.165, 1.54) is 0 Å². The van der Waals surface area contributed by atoms with Crippen LogP contribution in [0.2, 0.25) is 0 Å². The summed E-state index contributed by atoms with van der Waals surface area (Å²) in [4.78, 5) is 15.1. The summed E-state index contributed by atoms with van der Waals surface area (Å²) in [7, 11) is 0. The highest BCUT2D eigenvalue weighted by atomic mass is 16.1. The van der Waals surface area contributed by atoms with Gasteiger partial charge in [0.2, 0.25) is 5.91 Å². The SMILES string of the molecule is Cc1ccc(CC(CN)C(N)=O)cn1. The van der Waals surface area contributed by atoms with E-state index in [9.17, 15) is 4.79 Å². The number of aromatic nitrogens is 1. The van der Waals surface area contributed by atoms with Crippen molar-refractivity contribution in [3.05, 3.63) is 29.6 Å². The van der Waals surface area contributed by atoms with E-state index >= 15 is 0 Å². The molecule has 1 aromatic rings. The minimum absolute atomic E-state index is 0.281. The molecule has 1 rings (SSSR count). The molecule has 1 heterocycles. The van der Waals surface area contributed by atoms with Crippen molar-refractivity contribution < 1.29 is 4.79 Å². The Hall–Kier alpha value is -1.42. The average molecular weight is 193 g/mol. The van der Waals surface area contributed by atoms with Gasteiger partial charge in [0, 0.05) is 18.4 Å². The lowest BCUT2D eigenvalue weighted by atomic mass is 10.00. The predicted molar refractivity (Wildman–Crippen MR) is 54.4 cm³/mol. The fourth-order valence-electron chi connectivity index (χ4n) is 1.20. The zero-order chi connectivity index (χ0) is 10.6. The zero-order valence-electron chi connectivity index (χ0n) is 8.23. The molecular formula is C10H15N3O. The molecule has 0 spiro atoms. The summed E-state index contributed by atoms with van der Waals surface area (Å²) in [5, 5.41) is 0. The fourth-order valence-corrected chi connectivity index (χ4v) is 1.20. The van der Waals surface area contributed by atoms with Gasteiger partial charge in [-0.25, -0.2) is 0 Å². The number of carbonyl (C=O) groups excluding carboxylic acids is 1. The quantitative estimate of drug-likeness (QED) is 0.705. The average Bonchev–Trinajstić information content (AvgIpc) is 2.16. The summed E-state index contributed by atoms with van der Waals surface area (Å²) in [5.41, 5.74) is 12.6. The molecule has 0 saturated heterocycles. The Morgan fingerprint density at radius 1 is 1.57 bits per heavy atom. The van der Waals surface area contributed by atoms with Crippen LogP contribution in [-0.2, 0) is 11.2 Å². The first-order valence-corrected chi connectivity index (χ1v) is 4.54. The summed E-state index contributed by atoms with van der Waals surface area (Å²) in [6, 6.07) is 3.85. The molecule has 1 atom stereocenters. The number of primary amides is 1. The van der Waals surface area contributed by atoms with Gasteiger partial charge in [-0.3, -0.25) is 9.78 Å². The van der Waals surface area contributed by atoms with Gasteiger partial charge < -0.3 is 11.5 Å². The first kappa shape index (κ1) is 10.7. The van der Waals surface area contributed by atoms with Crippen LogP contribution in [0.4, 0.5) is 0 Å². The van der Waals surface area contributed by atoms with Crippen LogP contribution in [-0.4, -0.2) is 17.4 Å². The summed E-state index contributed by atoms with van der Waals surface area (Å²) < 4.78 is 0. The molecule has 0 aliphatic heterocycles. The lowest BCUT2D eigenvalue weighted by molar-refractivity contribution is -0.121. The maximum atomic E-state index is 10.9. The van der Waals surface area contributed by atoms with Crippen molar-refractivity contribution in [3.8, 4) is 0 Å². The van der Waals surface area contributed by atoms with Crippen LogP contribution in [0, 0.1) is 12.8 Å². The lowest BCUT2D eigenvalue weighted by Crippen LogP contribution is -2.31. The fraction of sp³-hybridized carbons (Fsp3) is 0.400. The van der Waals surface area contributed by atoms with E-state index in [1.807, 2.05) is 19.1 Å². The van der Waals surface area contributed by atoms with Gasteiger partial charge in [0.1, 0.15) is 0 Å². The van der Waals surface area contributed by atoms with E-state index in [4.69, 9.17) is 11.5 Å². The van der Waals surface area contributed by atoms with Crippen molar-refractivity contribution >= 4 is 5.91 Å². The Kier molecular flexibility index (Phi) is 3.59. The Bertz CT molecular complexity index is 308. The van der Waals surface area contributed by atoms with Crippen molar-refractivity contribution in [3.63, 3.8) is 0 Å². The maximum Gasteiger partial charge on any atom is 0.222 e. The van der Waals surface area contributed by atoms with Gasteiger partial charge in [0.15, 0.2) is 0 Å². The minimum atomic E-state index is -0.354. The molecule has 4 heteroatoms. The number of hydrogen-bond acceptors (Lipinski definition) is 3. The van der Waals surface area contributed by atoms with Crippen LogP contribution in [0.15, 0.2) is 18.3 Å². The van der Waals surface area contributed by atoms with Crippen LogP contribution in [0.3, 0.4) is 0 Å². The first-order valence-electron chi connectivity index (χ1n) is 4.54. The third kappa shape index (κ3) is 2.81. The number of amides is 1. The molecule has 4 nitrogen and oxygen atoms in total. The van der Waals surface area contributed by atoms with Gasteiger partial charge in [0.25, 0.3) is 0 Å². The number of pyridine rings is 1. The van der Waals surface area contributed by atoms with E-state index in [0.717, 1.165) is 11.3 Å². The number of aryl methyl sites for hydroxylation is 1. The summed E-state index contributed by atoms with van der Waals surface area (Å²) >= 11 is 0. The minimum Gasteiger partial charge on any atom is -0.369 e. The number of carbonyl (C=O) groups is 1. The highest BCUT2D eigenvalue weighted by molar-refractivity contribution is 5.77. The highest BCUT2D eigenvalue weighted by Crippen LogP contribution is 2.07. The molecule has 0 bridgehead atoms. The molecule has 1 unspecified atom stereocenters. The van der Waals surface area contributed by atoms with Crippen molar-refractivity contribution in [2.75, 3.05) is 6.54 Å². The van der Waals surface area contributed by atoms with Gasteiger partial charge in [-0.05, 0) is 25.0 Å². The molecule has 0 aliphatic rings. The van der Waals surface area contributed by atoms with Crippen LogP contribution in [0.1, 0.15) is 11.3 Å². The third-order valence-corrected chi connectivity index (χ3v) is 2.14. The molecule has 0 saturated carbocycles. The molecule has 1 amide bonds. The second kappa shape index (κ2) is 4.72. The second-order valence-electron chi connectivity index (χ2n) is 3.35. The van der Waals surface area contributed by atoms with Gasteiger partial charge in [0.05, 0.1) is 5.92 Å². The molecule has 14 heavy (non-hydrogen) atoms. The smallest absolute Gasteiger partial charge is 0.222 e. The Morgan fingerprint density at radius 2 is 2.29 bits per heavy atom. The van der Waals surface area contributed by atoms with E-state index in [-0.39, 0.29) is 18.4 Å². The van der Waals surface area contributed by atoms with Gasteiger partial charge in [-0.1, -0.05) is 6.07 Å². The summed E-state index contributed by atoms with van der Waals surface area (Å²) in [6.45, 7) is 2.20. The van der Waals surface area contributed by atoms with E-state index in [0.29, 0.717) is 6.42 Å². The van der Waals surface area contributed by atoms with Crippen LogP contribution in [0.5, 0.6) is 0 Å². The van der Waals surface area contributed by atoms with Crippen LogP contribution in [0.25, 0.3) is 0 Å². The Balaban J connectivity index is 2.67. The summed E-state index contributed by atoms with van der Waals surface area (Å²) in [6.07, 6.45) is 2.32. The Labute approximate surface area is 83.3 Å². The monoisotopic (exact) mass is 193 g/mol. The maximum absolute atomic E-state index is 10.9. The van der Waals surface area contributed by atoms with E-state index in [1.54, 1.807) is 6.20 Å². The third-order valence-electron chi connectivity index (χ3n) is 2.14. The molecule has 76 valence electrons. The first-order chi connectivity index (χ1) is 6.63. The summed E-state index contributed by atoms with van der Waals surface area (Å²) in [5.74, 6) is -0.646. The van der Waals surface area contributed by atoms with Gasteiger partial charge in [-0.15, -0.1) is 0 Å². The molecule has 1 aromatic heterocycles. The molecule has 4 N–H and O–H groups in total. The number of rotatable bonds is 4. The Morgan fingerprint density at radius 3 is 2.71 bits per heavy atom. The standard InChI is InChI=1S/C10H15N3O/c1-7-2-3-8(6-13-7)4-9(5-11)10(12)14/h2-3,6,9H,4-5,11H2,1H3,(H2,12,14). The van der Waals surface area contributed by atoms with Gasteiger partial charge >= 0.3 is 0 Å². The van der Waals surface area contributed by atoms with Crippen molar-refractivity contribution in [1.29, 1.82) is 0 Å². The van der Waals surface area contributed by atoms with Gasteiger partial charge in [-0.2, -0.15) is 0 Å². The molecule has 0 radical (unpaired) electrons. The normalized spacial score (nSPS) is 12.4. The number of hydrogen-bond donors (Lipinski definition) is 2. The highest BCUT2D eigenvalue weighted by Gasteiger charge is 2.13. The topological polar surface area (TPSA) is 82.0 Å². The molecule has 0 aromatic carbocycles. The lowest BCUT2D eigenvalue weighted by Gasteiger charge is -2.09. The van der Waals surface area contributed by atoms with Crippen molar-refractivity contribution in [2.24, 2.45) is 17.4 Å². The number of nitrogens with two attached hydrogens (primary N) is 2.